The lowest BCUT2D eigenvalue weighted by Crippen LogP contribution is -2.20. The van der Waals surface area contributed by atoms with Gasteiger partial charge in [0.25, 0.3) is 5.56 Å². The summed E-state index contributed by atoms with van der Waals surface area (Å²) in [5.74, 6) is -0.868. The Morgan fingerprint density at radius 1 is 1.18 bits per heavy atom. The van der Waals surface area contributed by atoms with E-state index in [0.29, 0.717) is 15.6 Å². The zero-order chi connectivity index (χ0) is 16.3. The van der Waals surface area contributed by atoms with Crippen LogP contribution in [0.3, 0.4) is 0 Å². The van der Waals surface area contributed by atoms with Crippen molar-refractivity contribution in [1.82, 2.24) is 9.97 Å². The Labute approximate surface area is 136 Å². The van der Waals surface area contributed by atoms with Crippen molar-refractivity contribution in [2.75, 3.05) is 0 Å². The second kappa shape index (κ2) is 6.48. The Morgan fingerprint density at radius 2 is 1.82 bits per heavy atom. The smallest absolute Gasteiger partial charge is 0.271 e. The highest BCUT2D eigenvalue weighted by molar-refractivity contribution is 7.89. The first-order chi connectivity index (χ1) is 10.3. The Balaban J connectivity index is 2.25. The van der Waals surface area contributed by atoms with Crippen LogP contribution in [-0.4, -0.2) is 18.4 Å². The van der Waals surface area contributed by atoms with Crippen molar-refractivity contribution in [3.63, 3.8) is 0 Å². The summed E-state index contributed by atoms with van der Waals surface area (Å²) in [4.78, 5) is 17.6. The van der Waals surface area contributed by atoms with Gasteiger partial charge in [0, 0.05) is 10.0 Å². The minimum absolute atomic E-state index is 0.0345. The quantitative estimate of drug-likeness (QED) is 0.901. The Kier molecular flexibility index (Phi) is 4.86. The molecule has 0 amide bonds. The summed E-state index contributed by atoms with van der Waals surface area (Å²) in [6.07, 6.45) is 1.11. The van der Waals surface area contributed by atoms with Crippen molar-refractivity contribution < 1.29 is 8.42 Å². The standard InChI is InChI=1S/C13H9Cl2N3O3S/c14-9-1-8(2-10(15)3-9)6-22(20,21)7-12-13(19)18-11(4-16)5-17-12/h1-3,5H,6-7H2,(H,18,19). The largest absolute Gasteiger partial charge is 0.311 e. The molecule has 1 aromatic heterocycles. The van der Waals surface area contributed by atoms with Gasteiger partial charge in [-0.3, -0.25) is 9.78 Å². The summed E-state index contributed by atoms with van der Waals surface area (Å²) in [5.41, 5.74) is -0.491. The van der Waals surface area contributed by atoms with E-state index in [1.807, 2.05) is 0 Å². The summed E-state index contributed by atoms with van der Waals surface area (Å²) in [6.45, 7) is 0. The van der Waals surface area contributed by atoms with Crippen LogP contribution < -0.4 is 5.56 Å². The van der Waals surface area contributed by atoms with Crippen LogP contribution in [0, 0.1) is 11.3 Å². The van der Waals surface area contributed by atoms with E-state index in [9.17, 15) is 13.2 Å². The molecule has 0 aliphatic heterocycles. The van der Waals surface area contributed by atoms with Gasteiger partial charge in [-0.05, 0) is 23.8 Å². The van der Waals surface area contributed by atoms with E-state index in [2.05, 4.69) is 9.97 Å². The van der Waals surface area contributed by atoms with Gasteiger partial charge in [0.15, 0.2) is 9.84 Å². The normalized spacial score (nSPS) is 11.1. The van der Waals surface area contributed by atoms with Crippen molar-refractivity contribution in [3.8, 4) is 6.07 Å². The van der Waals surface area contributed by atoms with E-state index in [-0.39, 0.29) is 17.1 Å². The average Bonchev–Trinajstić information content (AvgIpc) is 2.39. The molecule has 0 fully saturated rings. The number of halogens is 2. The predicted octanol–water partition coefficient (Wildman–Crippen LogP) is 2.06. The molecule has 0 atom stereocenters. The van der Waals surface area contributed by atoms with Crippen molar-refractivity contribution in [3.05, 3.63) is 61.7 Å². The van der Waals surface area contributed by atoms with Gasteiger partial charge in [-0.15, -0.1) is 0 Å². The summed E-state index contributed by atoms with van der Waals surface area (Å²) in [6, 6.07) is 6.18. The molecule has 0 bridgehead atoms. The highest BCUT2D eigenvalue weighted by atomic mass is 35.5. The summed E-state index contributed by atoms with van der Waals surface area (Å²) in [5, 5.41) is 9.28. The minimum Gasteiger partial charge on any atom is -0.311 e. The second-order valence-electron chi connectivity index (χ2n) is 4.49. The average molecular weight is 358 g/mol. The van der Waals surface area contributed by atoms with Gasteiger partial charge in [0.1, 0.15) is 17.5 Å². The third-order valence-electron chi connectivity index (χ3n) is 2.65. The molecule has 0 radical (unpaired) electrons. The maximum atomic E-state index is 12.2. The van der Waals surface area contributed by atoms with Crippen molar-refractivity contribution in [2.24, 2.45) is 0 Å². The Morgan fingerprint density at radius 3 is 2.36 bits per heavy atom. The molecule has 22 heavy (non-hydrogen) atoms. The van der Waals surface area contributed by atoms with Crippen LogP contribution >= 0.6 is 23.2 Å². The highest BCUT2D eigenvalue weighted by Gasteiger charge is 2.17. The molecule has 6 nitrogen and oxygen atoms in total. The minimum atomic E-state index is -3.65. The van der Waals surface area contributed by atoms with Crippen LogP contribution in [0.25, 0.3) is 0 Å². The molecule has 2 aromatic rings. The van der Waals surface area contributed by atoms with Gasteiger partial charge in [0.05, 0.1) is 17.7 Å². The predicted molar refractivity (Wildman–Crippen MR) is 82.4 cm³/mol. The molecule has 0 saturated carbocycles. The molecular weight excluding hydrogens is 349 g/mol. The Bertz CT molecular complexity index is 897. The monoisotopic (exact) mass is 357 g/mol. The molecule has 1 heterocycles. The van der Waals surface area contributed by atoms with Gasteiger partial charge >= 0.3 is 0 Å². The second-order valence-corrected chi connectivity index (χ2v) is 7.43. The number of rotatable bonds is 4. The van der Waals surface area contributed by atoms with Gasteiger partial charge in [-0.25, -0.2) is 8.42 Å². The van der Waals surface area contributed by atoms with Crippen LogP contribution in [0.4, 0.5) is 0 Å². The molecule has 0 unspecified atom stereocenters. The number of hydrogen-bond acceptors (Lipinski definition) is 5. The van der Waals surface area contributed by atoms with E-state index >= 15 is 0 Å². The molecular formula is C13H9Cl2N3O3S. The van der Waals surface area contributed by atoms with Crippen LogP contribution in [0.5, 0.6) is 0 Å². The first kappa shape index (κ1) is 16.5. The number of hydrogen-bond donors (Lipinski definition) is 1. The number of H-pyrrole nitrogens is 1. The van der Waals surface area contributed by atoms with E-state index < -0.39 is 21.1 Å². The summed E-state index contributed by atoms with van der Waals surface area (Å²) < 4.78 is 24.3. The van der Waals surface area contributed by atoms with E-state index in [0.717, 1.165) is 6.20 Å². The van der Waals surface area contributed by atoms with Crippen molar-refractivity contribution >= 4 is 33.0 Å². The number of sulfone groups is 1. The number of aromatic nitrogens is 2. The molecule has 0 saturated heterocycles. The first-order valence-corrected chi connectivity index (χ1v) is 8.50. The number of nitrogens with one attached hydrogen (secondary N) is 1. The SMILES string of the molecule is N#Cc1cnc(CS(=O)(=O)Cc2cc(Cl)cc(Cl)c2)c(=O)[nH]1. The van der Waals surface area contributed by atoms with Crippen molar-refractivity contribution in [2.45, 2.75) is 11.5 Å². The highest BCUT2D eigenvalue weighted by Crippen LogP contribution is 2.21. The number of nitriles is 1. The van der Waals surface area contributed by atoms with Crippen LogP contribution in [-0.2, 0) is 21.3 Å². The topological polar surface area (TPSA) is 104 Å². The first-order valence-electron chi connectivity index (χ1n) is 5.93. The fraction of sp³-hybridized carbons (Fsp3) is 0.154. The fourth-order valence-electron chi connectivity index (χ4n) is 1.80. The van der Waals surface area contributed by atoms with Gasteiger partial charge < -0.3 is 4.98 Å². The van der Waals surface area contributed by atoms with Crippen LogP contribution in [0.2, 0.25) is 10.0 Å². The van der Waals surface area contributed by atoms with E-state index in [4.69, 9.17) is 28.5 Å². The third kappa shape index (κ3) is 4.31. The molecule has 114 valence electrons. The lowest BCUT2D eigenvalue weighted by atomic mass is 10.2. The summed E-state index contributed by atoms with van der Waals surface area (Å²) >= 11 is 11.6. The van der Waals surface area contributed by atoms with E-state index in [1.54, 1.807) is 6.07 Å². The molecule has 1 N–H and O–H groups in total. The summed E-state index contributed by atoms with van der Waals surface area (Å²) in [7, 11) is -3.65. The maximum Gasteiger partial charge on any atom is 0.271 e. The maximum absolute atomic E-state index is 12.2. The van der Waals surface area contributed by atoms with Gasteiger partial charge in [0.2, 0.25) is 0 Å². The van der Waals surface area contributed by atoms with Gasteiger partial charge in [-0.1, -0.05) is 23.2 Å². The van der Waals surface area contributed by atoms with Crippen molar-refractivity contribution in [1.29, 1.82) is 5.26 Å². The lowest BCUT2D eigenvalue weighted by molar-refractivity contribution is 0.593. The molecule has 0 aliphatic rings. The van der Waals surface area contributed by atoms with Crippen LogP contribution in [0.1, 0.15) is 17.0 Å². The number of aromatic amines is 1. The number of nitrogens with zero attached hydrogens (tertiary/aromatic N) is 2. The Hall–Kier alpha value is -1.88. The molecule has 0 aliphatic carbocycles. The lowest BCUT2D eigenvalue weighted by Gasteiger charge is -2.05. The molecule has 9 heteroatoms. The molecule has 1 aromatic carbocycles. The molecule has 0 spiro atoms. The van der Waals surface area contributed by atoms with Crippen LogP contribution in [0.15, 0.2) is 29.2 Å². The van der Waals surface area contributed by atoms with E-state index in [1.165, 1.54) is 18.2 Å². The zero-order valence-corrected chi connectivity index (χ0v) is 13.3. The van der Waals surface area contributed by atoms with Gasteiger partial charge in [-0.2, -0.15) is 5.26 Å². The zero-order valence-electron chi connectivity index (χ0n) is 11.0. The molecule has 2 rings (SSSR count). The third-order valence-corrected chi connectivity index (χ3v) is 4.57. The number of benzene rings is 1. The fourth-order valence-corrected chi connectivity index (χ4v) is 3.77.